The summed E-state index contributed by atoms with van der Waals surface area (Å²) in [5.74, 6) is 0. The molecule has 0 fully saturated rings. The molecule has 0 rings (SSSR count). The molecule has 0 aliphatic rings. The van der Waals surface area contributed by atoms with Crippen molar-refractivity contribution in [3.05, 3.63) is 0 Å². The van der Waals surface area contributed by atoms with Crippen molar-refractivity contribution in [2.24, 2.45) is 0 Å². The molecule has 0 saturated carbocycles. The first kappa shape index (κ1) is 23.4. The lowest BCUT2D eigenvalue weighted by atomic mass is 10.1. The molecule has 0 saturated heterocycles. The second kappa shape index (κ2) is 16.5. The lowest BCUT2D eigenvalue weighted by molar-refractivity contribution is 0.310. The lowest BCUT2D eigenvalue weighted by Gasteiger charge is -2.16. The fraction of sp³-hybridized carbons (Fsp3) is 1.00. The summed E-state index contributed by atoms with van der Waals surface area (Å²) in [7, 11) is 10.9. The minimum atomic E-state index is 0. The van der Waals surface area contributed by atoms with E-state index in [0.717, 1.165) is 0 Å². The molecule has 0 unspecified atom stereocenters. The Hall–Kier alpha value is 0.170. The van der Waals surface area contributed by atoms with Gasteiger partial charge in [0.2, 0.25) is 0 Å². The molecule has 0 aromatic rings. The van der Waals surface area contributed by atoms with Crippen molar-refractivity contribution in [1.29, 1.82) is 0 Å². The zero-order chi connectivity index (χ0) is 15.2. The SMILES string of the molecule is CN(C)CCCCCCN(C)CCCCCCN(C)C.Cl. The predicted molar refractivity (Wildman–Crippen MR) is 98.8 cm³/mol. The first-order chi connectivity index (χ1) is 9.52. The van der Waals surface area contributed by atoms with Gasteiger partial charge in [0.05, 0.1) is 0 Å². The first-order valence-corrected chi connectivity index (χ1v) is 8.50. The van der Waals surface area contributed by atoms with Crippen molar-refractivity contribution in [2.75, 3.05) is 61.4 Å². The normalized spacial score (nSPS) is 11.4. The largest absolute Gasteiger partial charge is 0.309 e. The number of nitrogens with zero attached hydrogens (tertiary/aromatic N) is 3. The van der Waals surface area contributed by atoms with Gasteiger partial charge in [-0.25, -0.2) is 0 Å². The Kier molecular flexibility index (Phi) is 18.5. The fourth-order valence-corrected chi connectivity index (χ4v) is 2.44. The van der Waals surface area contributed by atoms with Crippen molar-refractivity contribution in [1.82, 2.24) is 14.7 Å². The summed E-state index contributed by atoms with van der Waals surface area (Å²) >= 11 is 0. The van der Waals surface area contributed by atoms with Crippen LogP contribution < -0.4 is 0 Å². The molecule has 0 bridgehead atoms. The molecule has 0 N–H and O–H groups in total. The van der Waals surface area contributed by atoms with Gasteiger partial charge in [-0.15, -0.1) is 12.4 Å². The van der Waals surface area contributed by atoms with Gasteiger partial charge in [-0.1, -0.05) is 25.7 Å². The standard InChI is InChI=1S/C17H39N3.ClH/c1-18(2)14-10-6-8-12-16-20(5)17-13-9-7-11-15-19(3)4;/h6-17H2,1-5H3;1H. The van der Waals surface area contributed by atoms with Gasteiger partial charge < -0.3 is 14.7 Å². The van der Waals surface area contributed by atoms with Crippen LogP contribution >= 0.6 is 12.4 Å². The van der Waals surface area contributed by atoms with Gasteiger partial charge in [0.1, 0.15) is 0 Å². The molecule has 4 heteroatoms. The van der Waals surface area contributed by atoms with Crippen LogP contribution in [0.15, 0.2) is 0 Å². The van der Waals surface area contributed by atoms with Crippen molar-refractivity contribution in [3.8, 4) is 0 Å². The van der Waals surface area contributed by atoms with E-state index in [-0.39, 0.29) is 12.4 Å². The Balaban J connectivity index is 0. The maximum atomic E-state index is 2.51. The Bertz CT molecular complexity index is 178. The molecule has 3 nitrogen and oxygen atoms in total. The minimum Gasteiger partial charge on any atom is -0.309 e. The van der Waals surface area contributed by atoms with Crippen LogP contribution in [0.25, 0.3) is 0 Å². The number of hydrogen-bond acceptors (Lipinski definition) is 3. The summed E-state index contributed by atoms with van der Waals surface area (Å²) in [6, 6.07) is 0. The number of halogens is 1. The second-order valence-corrected chi connectivity index (χ2v) is 6.74. The molecule has 0 amide bonds. The van der Waals surface area contributed by atoms with Crippen molar-refractivity contribution < 1.29 is 0 Å². The highest BCUT2D eigenvalue weighted by atomic mass is 35.5. The smallest absolute Gasteiger partial charge is 0.00218 e. The summed E-state index contributed by atoms with van der Waals surface area (Å²) in [4.78, 5) is 7.07. The summed E-state index contributed by atoms with van der Waals surface area (Å²) in [5, 5.41) is 0. The maximum absolute atomic E-state index is 2.51. The number of unbranched alkanes of at least 4 members (excludes halogenated alkanes) is 6. The molecule has 0 aliphatic heterocycles. The molecule has 21 heavy (non-hydrogen) atoms. The molecule has 130 valence electrons. The maximum Gasteiger partial charge on any atom is -0.00218 e. The summed E-state index contributed by atoms with van der Waals surface area (Å²) in [6.07, 6.45) is 11.0. The van der Waals surface area contributed by atoms with Crippen LogP contribution in [0.4, 0.5) is 0 Å². The molecule has 0 aliphatic carbocycles. The van der Waals surface area contributed by atoms with Crippen LogP contribution in [0.1, 0.15) is 51.4 Å². The molecule has 0 aromatic carbocycles. The molecule has 0 spiro atoms. The highest BCUT2D eigenvalue weighted by molar-refractivity contribution is 5.85. The predicted octanol–water partition coefficient (Wildman–Crippen LogP) is 3.58. The van der Waals surface area contributed by atoms with Crippen LogP contribution in [-0.4, -0.2) is 76.1 Å². The van der Waals surface area contributed by atoms with Crippen LogP contribution in [0, 0.1) is 0 Å². The van der Waals surface area contributed by atoms with Gasteiger partial charge in [0.15, 0.2) is 0 Å². The van der Waals surface area contributed by atoms with E-state index in [1.165, 1.54) is 77.5 Å². The van der Waals surface area contributed by atoms with Crippen molar-refractivity contribution in [3.63, 3.8) is 0 Å². The minimum absolute atomic E-state index is 0. The van der Waals surface area contributed by atoms with Crippen molar-refractivity contribution in [2.45, 2.75) is 51.4 Å². The van der Waals surface area contributed by atoms with E-state index < -0.39 is 0 Å². The Morgan fingerprint density at radius 1 is 0.429 bits per heavy atom. The summed E-state index contributed by atoms with van der Waals surface area (Å²) in [5.41, 5.74) is 0. The average molecular weight is 322 g/mol. The van der Waals surface area contributed by atoms with E-state index in [1.54, 1.807) is 0 Å². The summed E-state index contributed by atoms with van der Waals surface area (Å²) in [6.45, 7) is 5.03. The Morgan fingerprint density at radius 2 is 0.714 bits per heavy atom. The quantitative estimate of drug-likeness (QED) is 0.453. The van der Waals surface area contributed by atoms with Gasteiger partial charge in [0.25, 0.3) is 0 Å². The zero-order valence-corrected chi connectivity index (χ0v) is 16.1. The zero-order valence-electron chi connectivity index (χ0n) is 15.2. The highest BCUT2D eigenvalue weighted by Crippen LogP contribution is 2.04. The molecule has 0 aromatic heterocycles. The van der Waals surface area contributed by atoms with E-state index in [2.05, 4.69) is 49.9 Å². The third-order valence-electron chi connectivity index (χ3n) is 3.79. The fourth-order valence-electron chi connectivity index (χ4n) is 2.44. The topological polar surface area (TPSA) is 9.72 Å². The molecule has 0 heterocycles. The lowest BCUT2D eigenvalue weighted by Crippen LogP contribution is -2.21. The molecular weight excluding hydrogens is 282 g/mol. The molecule has 0 radical (unpaired) electrons. The van der Waals surface area contributed by atoms with E-state index in [0.29, 0.717) is 0 Å². The second-order valence-electron chi connectivity index (χ2n) is 6.74. The highest BCUT2D eigenvalue weighted by Gasteiger charge is 1.99. The number of rotatable bonds is 14. The number of hydrogen-bond donors (Lipinski definition) is 0. The average Bonchev–Trinajstić information content (AvgIpc) is 2.37. The third-order valence-corrected chi connectivity index (χ3v) is 3.79. The summed E-state index contributed by atoms with van der Waals surface area (Å²) < 4.78 is 0. The monoisotopic (exact) mass is 321 g/mol. The van der Waals surface area contributed by atoms with Gasteiger partial charge in [0, 0.05) is 0 Å². The van der Waals surface area contributed by atoms with Gasteiger partial charge in [-0.2, -0.15) is 0 Å². The van der Waals surface area contributed by atoms with E-state index in [4.69, 9.17) is 0 Å². The van der Waals surface area contributed by atoms with Gasteiger partial charge in [-0.05, 0) is 87.1 Å². The van der Waals surface area contributed by atoms with Crippen LogP contribution in [0.3, 0.4) is 0 Å². The third kappa shape index (κ3) is 20.2. The van der Waals surface area contributed by atoms with Crippen LogP contribution in [0.2, 0.25) is 0 Å². The van der Waals surface area contributed by atoms with Crippen LogP contribution in [0.5, 0.6) is 0 Å². The van der Waals surface area contributed by atoms with Crippen molar-refractivity contribution >= 4 is 12.4 Å². The first-order valence-electron chi connectivity index (χ1n) is 8.50. The van der Waals surface area contributed by atoms with Crippen LogP contribution in [-0.2, 0) is 0 Å². The van der Waals surface area contributed by atoms with E-state index in [1.807, 2.05) is 0 Å². The Labute approximate surface area is 140 Å². The molecule has 0 atom stereocenters. The van der Waals surface area contributed by atoms with E-state index >= 15 is 0 Å². The Morgan fingerprint density at radius 3 is 1.00 bits per heavy atom. The van der Waals surface area contributed by atoms with Gasteiger partial charge >= 0.3 is 0 Å². The van der Waals surface area contributed by atoms with E-state index in [9.17, 15) is 0 Å². The molecular formula is C17H40ClN3. The van der Waals surface area contributed by atoms with Gasteiger partial charge in [-0.3, -0.25) is 0 Å².